The van der Waals surface area contributed by atoms with Crippen molar-refractivity contribution >= 4 is 45.1 Å². The third-order valence-electron chi connectivity index (χ3n) is 8.10. The minimum Gasteiger partial charge on any atom is -0.440 e. The van der Waals surface area contributed by atoms with Gasteiger partial charge in [0.15, 0.2) is 0 Å². The van der Waals surface area contributed by atoms with Crippen LogP contribution in [0.5, 0.6) is 0 Å². The number of nitrogens with zero attached hydrogens (tertiary/aromatic N) is 1. The Balaban J connectivity index is 1.21. The molecule has 3 heteroatoms. The fourth-order valence-corrected chi connectivity index (χ4v) is 5.96. The molecule has 0 fully saturated rings. The van der Waals surface area contributed by atoms with Crippen LogP contribution in [-0.2, 0) is 0 Å². The Labute approximate surface area is 245 Å². The maximum atomic E-state index is 6.12. The van der Waals surface area contributed by atoms with Gasteiger partial charge in [-0.05, 0) is 75.5 Å². The topological polar surface area (TPSA) is 28.4 Å². The maximum Gasteiger partial charge on any atom is 0.201 e. The second kappa shape index (κ2) is 10.1. The molecule has 1 aromatic heterocycles. The smallest absolute Gasteiger partial charge is 0.201 e. The lowest BCUT2D eigenvalue weighted by Crippen LogP contribution is -2.24. The zero-order valence-corrected chi connectivity index (χ0v) is 23.0. The molecular formula is C39H28N2O. The molecule has 0 saturated heterocycles. The van der Waals surface area contributed by atoms with Crippen LogP contribution in [0.2, 0.25) is 0 Å². The van der Waals surface area contributed by atoms with Crippen LogP contribution in [0.15, 0.2) is 156 Å². The Morgan fingerprint density at radius 2 is 1.12 bits per heavy atom. The first-order valence-corrected chi connectivity index (χ1v) is 14.3. The average Bonchev–Trinajstić information content (AvgIpc) is 3.44. The molecule has 0 radical (unpaired) electrons. The third-order valence-corrected chi connectivity index (χ3v) is 8.10. The summed E-state index contributed by atoms with van der Waals surface area (Å²) in [5, 5.41) is 7.16. The van der Waals surface area contributed by atoms with Gasteiger partial charge in [0.25, 0.3) is 0 Å². The standard InChI is InChI=1S/C39H28N2O/c1-2-8-27(9-3-1)29-16-20-33(21-17-29)41(35-25-37-36-12-6-7-13-38(36)42-39(37)40-26-35)34-22-18-30(19-23-34)32-15-14-28-10-4-5-11-31(28)24-32/h1-25,40H,26H2. The second-order valence-electron chi connectivity index (χ2n) is 10.7. The number of rotatable bonds is 5. The fraction of sp³-hybridized carbons (Fsp3) is 0.0256. The first-order valence-electron chi connectivity index (χ1n) is 14.3. The molecule has 8 rings (SSSR count). The van der Waals surface area contributed by atoms with Crippen molar-refractivity contribution in [2.24, 2.45) is 0 Å². The summed E-state index contributed by atoms with van der Waals surface area (Å²) in [6, 6.07) is 51.6. The molecule has 7 aromatic rings. The number of para-hydroxylation sites is 1. The van der Waals surface area contributed by atoms with Crippen LogP contribution in [0.4, 0.5) is 17.3 Å². The van der Waals surface area contributed by atoms with Crippen molar-refractivity contribution in [3.63, 3.8) is 0 Å². The Kier molecular flexibility index (Phi) is 5.86. The molecule has 0 saturated carbocycles. The van der Waals surface area contributed by atoms with Crippen molar-refractivity contribution in [2.75, 3.05) is 16.8 Å². The minimum absolute atomic E-state index is 0.652. The normalized spacial score (nSPS) is 12.5. The molecule has 0 bridgehead atoms. The zero-order chi connectivity index (χ0) is 27.9. The zero-order valence-electron chi connectivity index (χ0n) is 23.0. The van der Waals surface area contributed by atoms with E-state index in [9.17, 15) is 0 Å². The van der Waals surface area contributed by atoms with Gasteiger partial charge in [-0.1, -0.05) is 109 Å². The Morgan fingerprint density at radius 3 is 1.88 bits per heavy atom. The Bertz CT molecular complexity index is 2070. The summed E-state index contributed by atoms with van der Waals surface area (Å²) >= 11 is 0. The van der Waals surface area contributed by atoms with E-state index in [2.05, 4.69) is 150 Å². The molecule has 0 atom stereocenters. The first-order chi connectivity index (χ1) is 20.8. The minimum atomic E-state index is 0.652. The molecule has 6 aromatic carbocycles. The number of hydrogen-bond acceptors (Lipinski definition) is 3. The lowest BCUT2D eigenvalue weighted by molar-refractivity contribution is 0.626. The summed E-state index contributed by atoms with van der Waals surface area (Å²) < 4.78 is 6.12. The molecule has 0 amide bonds. The number of benzene rings is 6. The molecule has 1 aliphatic rings. The number of fused-ring (bicyclic) bond motifs is 4. The predicted octanol–water partition coefficient (Wildman–Crippen LogP) is 10.5. The maximum absolute atomic E-state index is 6.12. The predicted molar refractivity (Wildman–Crippen MR) is 176 cm³/mol. The first kappa shape index (κ1) is 24.3. The summed E-state index contributed by atoms with van der Waals surface area (Å²) in [5.74, 6) is 0.825. The quantitative estimate of drug-likeness (QED) is 0.235. The fourth-order valence-electron chi connectivity index (χ4n) is 5.96. The largest absolute Gasteiger partial charge is 0.440 e. The SMILES string of the molecule is C1=C(N(c2ccc(-c3ccccc3)cc2)c2ccc(-c3ccc4ccccc4c3)cc2)CNc2oc3ccccc3c21. The van der Waals surface area contributed by atoms with Gasteiger partial charge >= 0.3 is 0 Å². The van der Waals surface area contributed by atoms with E-state index in [0.29, 0.717) is 6.54 Å². The van der Waals surface area contributed by atoms with Gasteiger partial charge in [0.2, 0.25) is 5.88 Å². The van der Waals surface area contributed by atoms with Crippen molar-refractivity contribution < 1.29 is 4.42 Å². The highest BCUT2D eigenvalue weighted by Gasteiger charge is 2.23. The lowest BCUT2D eigenvalue weighted by Gasteiger charge is -2.30. The molecule has 2 heterocycles. The second-order valence-corrected chi connectivity index (χ2v) is 10.7. The number of hydrogen-bond donors (Lipinski definition) is 1. The van der Waals surface area contributed by atoms with E-state index in [4.69, 9.17) is 4.42 Å². The van der Waals surface area contributed by atoms with Gasteiger partial charge in [-0.3, -0.25) is 0 Å². The summed E-state index contributed by atoms with van der Waals surface area (Å²) in [7, 11) is 0. The monoisotopic (exact) mass is 540 g/mol. The van der Waals surface area contributed by atoms with Crippen molar-refractivity contribution in [3.05, 3.63) is 157 Å². The van der Waals surface area contributed by atoms with E-state index in [1.54, 1.807) is 0 Å². The van der Waals surface area contributed by atoms with Gasteiger partial charge in [-0.15, -0.1) is 0 Å². The van der Waals surface area contributed by atoms with Crippen LogP contribution in [-0.4, -0.2) is 6.54 Å². The van der Waals surface area contributed by atoms with E-state index in [1.807, 2.05) is 12.1 Å². The average molecular weight is 541 g/mol. The molecule has 200 valence electrons. The molecule has 1 aliphatic heterocycles. The van der Waals surface area contributed by atoms with E-state index in [0.717, 1.165) is 39.5 Å². The highest BCUT2D eigenvalue weighted by Crippen LogP contribution is 2.39. The van der Waals surface area contributed by atoms with Crippen LogP contribution in [0, 0.1) is 0 Å². The van der Waals surface area contributed by atoms with Gasteiger partial charge in [0, 0.05) is 28.0 Å². The number of nitrogens with one attached hydrogen (secondary N) is 1. The molecule has 0 aliphatic carbocycles. The molecular weight excluding hydrogens is 512 g/mol. The highest BCUT2D eigenvalue weighted by molar-refractivity contribution is 5.95. The van der Waals surface area contributed by atoms with Gasteiger partial charge in [-0.25, -0.2) is 0 Å². The number of furan rings is 1. The Hall–Kier alpha value is -5.54. The van der Waals surface area contributed by atoms with E-state index in [1.165, 1.54) is 33.0 Å². The summed E-state index contributed by atoms with van der Waals surface area (Å²) in [6.07, 6.45) is 2.26. The molecule has 0 spiro atoms. The molecule has 1 N–H and O–H groups in total. The van der Waals surface area contributed by atoms with Crippen LogP contribution < -0.4 is 10.2 Å². The van der Waals surface area contributed by atoms with Crippen LogP contribution in [0.25, 0.3) is 50.1 Å². The third kappa shape index (κ3) is 4.32. The van der Waals surface area contributed by atoms with Gasteiger partial charge in [0.05, 0.1) is 6.54 Å². The van der Waals surface area contributed by atoms with Crippen molar-refractivity contribution in [2.45, 2.75) is 0 Å². The molecule has 42 heavy (non-hydrogen) atoms. The summed E-state index contributed by atoms with van der Waals surface area (Å²) in [4.78, 5) is 2.34. The van der Waals surface area contributed by atoms with Crippen LogP contribution in [0.3, 0.4) is 0 Å². The van der Waals surface area contributed by atoms with Gasteiger partial charge in [-0.2, -0.15) is 0 Å². The lowest BCUT2D eigenvalue weighted by atomic mass is 10.0. The van der Waals surface area contributed by atoms with E-state index >= 15 is 0 Å². The van der Waals surface area contributed by atoms with Crippen LogP contribution >= 0.6 is 0 Å². The van der Waals surface area contributed by atoms with Crippen molar-refractivity contribution in [1.29, 1.82) is 0 Å². The van der Waals surface area contributed by atoms with E-state index < -0.39 is 0 Å². The Morgan fingerprint density at radius 1 is 0.524 bits per heavy atom. The van der Waals surface area contributed by atoms with Gasteiger partial charge in [0.1, 0.15) is 5.58 Å². The molecule has 0 unspecified atom stereocenters. The summed E-state index contributed by atoms with van der Waals surface area (Å²) in [5.41, 5.74) is 10.2. The van der Waals surface area contributed by atoms with Crippen molar-refractivity contribution in [1.82, 2.24) is 0 Å². The number of anilines is 3. The van der Waals surface area contributed by atoms with Crippen molar-refractivity contribution in [3.8, 4) is 22.3 Å². The van der Waals surface area contributed by atoms with Crippen LogP contribution in [0.1, 0.15) is 5.56 Å². The van der Waals surface area contributed by atoms with E-state index in [-0.39, 0.29) is 0 Å². The highest BCUT2D eigenvalue weighted by atomic mass is 16.3. The van der Waals surface area contributed by atoms with Gasteiger partial charge < -0.3 is 14.6 Å². The molecule has 3 nitrogen and oxygen atoms in total. The summed E-state index contributed by atoms with van der Waals surface area (Å²) in [6.45, 7) is 0.652.